The van der Waals surface area contributed by atoms with Gasteiger partial charge in [0.2, 0.25) is 0 Å². The summed E-state index contributed by atoms with van der Waals surface area (Å²) in [5, 5.41) is 0. The first-order chi connectivity index (χ1) is 9.81. The molecule has 2 aliphatic rings. The van der Waals surface area contributed by atoms with E-state index < -0.39 is 0 Å². The molecular weight excluding hydrogens is 242 g/mol. The third-order valence-electron chi connectivity index (χ3n) is 5.13. The number of hydrogen-bond acceptors (Lipinski definition) is 1. The molecule has 1 aromatic rings. The Morgan fingerprint density at radius 1 is 0.950 bits per heavy atom. The summed E-state index contributed by atoms with van der Waals surface area (Å²) < 4.78 is 0. The van der Waals surface area contributed by atoms with Gasteiger partial charge in [0.15, 0.2) is 0 Å². The Balaban J connectivity index is 1.49. The van der Waals surface area contributed by atoms with Gasteiger partial charge in [0, 0.05) is 6.54 Å². The topological polar surface area (TPSA) is 3.24 Å². The Morgan fingerprint density at radius 2 is 1.70 bits per heavy atom. The highest BCUT2D eigenvalue weighted by Gasteiger charge is 2.26. The zero-order valence-electron chi connectivity index (χ0n) is 12.7. The molecule has 1 heteroatoms. The molecule has 1 saturated heterocycles. The van der Waals surface area contributed by atoms with E-state index in [2.05, 4.69) is 54.3 Å². The predicted octanol–water partition coefficient (Wildman–Crippen LogP) is 4.50. The molecule has 2 unspecified atom stereocenters. The second-order valence-corrected chi connectivity index (χ2v) is 6.70. The van der Waals surface area contributed by atoms with Gasteiger partial charge in [-0.05, 0) is 62.1 Å². The maximum absolute atomic E-state index is 2.63. The van der Waals surface area contributed by atoms with Crippen LogP contribution in [0.3, 0.4) is 0 Å². The van der Waals surface area contributed by atoms with Crippen LogP contribution in [-0.4, -0.2) is 18.0 Å². The molecule has 0 radical (unpaired) electrons. The van der Waals surface area contributed by atoms with Gasteiger partial charge in [-0.25, -0.2) is 0 Å². The molecule has 1 aromatic carbocycles. The van der Waals surface area contributed by atoms with Crippen LogP contribution in [0, 0.1) is 17.8 Å². The summed E-state index contributed by atoms with van der Waals surface area (Å²) in [7, 11) is 0. The number of rotatable bonds is 3. The fourth-order valence-corrected chi connectivity index (χ4v) is 3.75. The molecule has 1 fully saturated rings. The molecule has 1 aliphatic heterocycles. The van der Waals surface area contributed by atoms with E-state index in [1.165, 1.54) is 44.3 Å². The summed E-state index contributed by atoms with van der Waals surface area (Å²) in [6.45, 7) is 6.03. The van der Waals surface area contributed by atoms with Crippen LogP contribution in [0.4, 0.5) is 0 Å². The lowest BCUT2D eigenvalue weighted by Crippen LogP contribution is -2.35. The first-order valence-electron chi connectivity index (χ1n) is 8.26. The van der Waals surface area contributed by atoms with Crippen LogP contribution in [0.25, 0.3) is 0 Å². The highest BCUT2D eigenvalue weighted by Crippen LogP contribution is 2.33. The average molecular weight is 269 g/mol. The van der Waals surface area contributed by atoms with E-state index in [1.54, 1.807) is 0 Å². The molecule has 1 aliphatic carbocycles. The van der Waals surface area contributed by atoms with Gasteiger partial charge >= 0.3 is 0 Å². The predicted molar refractivity (Wildman–Crippen MR) is 85.5 cm³/mol. The van der Waals surface area contributed by atoms with E-state index in [-0.39, 0.29) is 0 Å². The van der Waals surface area contributed by atoms with Crippen LogP contribution in [-0.2, 0) is 6.54 Å². The van der Waals surface area contributed by atoms with Gasteiger partial charge < -0.3 is 0 Å². The molecular formula is C19H27N. The third kappa shape index (κ3) is 3.52. The standard InChI is InChI=1S/C19H27N/c1-16-7-9-18(10-8-16)19-11-13-20(14-12-19)15-17-5-3-2-4-6-17/h2-7,9,16,18-19H,8,10-15H2,1H3. The van der Waals surface area contributed by atoms with E-state index in [9.17, 15) is 0 Å². The minimum atomic E-state index is 0.810. The van der Waals surface area contributed by atoms with Gasteiger partial charge in [-0.15, -0.1) is 0 Å². The summed E-state index contributed by atoms with van der Waals surface area (Å²) >= 11 is 0. The molecule has 2 atom stereocenters. The Kier molecular flexibility index (Phi) is 4.57. The van der Waals surface area contributed by atoms with Crippen molar-refractivity contribution in [2.75, 3.05) is 13.1 Å². The van der Waals surface area contributed by atoms with Crippen molar-refractivity contribution >= 4 is 0 Å². The number of likely N-dealkylation sites (tertiary alicyclic amines) is 1. The fraction of sp³-hybridized carbons (Fsp3) is 0.579. The number of nitrogens with zero attached hydrogens (tertiary/aromatic N) is 1. The quantitative estimate of drug-likeness (QED) is 0.730. The highest BCUT2D eigenvalue weighted by atomic mass is 15.1. The summed E-state index contributed by atoms with van der Waals surface area (Å²) in [4.78, 5) is 2.63. The monoisotopic (exact) mass is 269 g/mol. The average Bonchev–Trinajstić information content (AvgIpc) is 2.50. The molecule has 0 N–H and O–H groups in total. The highest BCUT2D eigenvalue weighted by molar-refractivity contribution is 5.14. The van der Waals surface area contributed by atoms with Crippen LogP contribution in [0.5, 0.6) is 0 Å². The van der Waals surface area contributed by atoms with Crippen molar-refractivity contribution in [3.63, 3.8) is 0 Å². The van der Waals surface area contributed by atoms with Crippen LogP contribution in [0.2, 0.25) is 0 Å². The van der Waals surface area contributed by atoms with Crippen LogP contribution >= 0.6 is 0 Å². The number of benzene rings is 1. The molecule has 0 bridgehead atoms. The summed E-state index contributed by atoms with van der Waals surface area (Å²) in [5.41, 5.74) is 1.46. The van der Waals surface area contributed by atoms with Crippen molar-refractivity contribution < 1.29 is 0 Å². The number of piperidine rings is 1. The lowest BCUT2D eigenvalue weighted by atomic mass is 9.77. The summed E-state index contributed by atoms with van der Waals surface area (Å²) in [6, 6.07) is 10.9. The molecule has 0 saturated carbocycles. The first-order valence-corrected chi connectivity index (χ1v) is 8.26. The lowest BCUT2D eigenvalue weighted by Gasteiger charge is -2.36. The van der Waals surface area contributed by atoms with Gasteiger partial charge in [0.05, 0.1) is 0 Å². The zero-order chi connectivity index (χ0) is 13.8. The van der Waals surface area contributed by atoms with Crippen LogP contribution < -0.4 is 0 Å². The van der Waals surface area contributed by atoms with Crippen molar-refractivity contribution in [1.82, 2.24) is 4.90 Å². The van der Waals surface area contributed by atoms with Gasteiger partial charge in [0.25, 0.3) is 0 Å². The van der Waals surface area contributed by atoms with Crippen LogP contribution in [0.15, 0.2) is 42.5 Å². The summed E-state index contributed by atoms with van der Waals surface area (Å²) in [5.74, 6) is 2.61. The second-order valence-electron chi connectivity index (χ2n) is 6.70. The van der Waals surface area contributed by atoms with E-state index in [4.69, 9.17) is 0 Å². The van der Waals surface area contributed by atoms with Gasteiger partial charge in [-0.1, -0.05) is 49.4 Å². The molecule has 20 heavy (non-hydrogen) atoms. The van der Waals surface area contributed by atoms with E-state index in [0.29, 0.717) is 0 Å². The SMILES string of the molecule is CC1C=CC(C2CCN(Cc3ccccc3)CC2)CC1. The third-order valence-corrected chi connectivity index (χ3v) is 5.13. The van der Waals surface area contributed by atoms with E-state index >= 15 is 0 Å². The Morgan fingerprint density at radius 3 is 2.35 bits per heavy atom. The van der Waals surface area contributed by atoms with Crippen molar-refractivity contribution in [1.29, 1.82) is 0 Å². The fourth-order valence-electron chi connectivity index (χ4n) is 3.75. The van der Waals surface area contributed by atoms with Crippen molar-refractivity contribution in [3.8, 4) is 0 Å². The van der Waals surface area contributed by atoms with Gasteiger partial charge in [0.1, 0.15) is 0 Å². The Labute approximate surface area is 123 Å². The van der Waals surface area contributed by atoms with E-state index in [0.717, 1.165) is 24.3 Å². The molecule has 3 rings (SSSR count). The molecule has 1 nitrogen and oxygen atoms in total. The minimum absolute atomic E-state index is 0.810. The molecule has 0 aromatic heterocycles. The van der Waals surface area contributed by atoms with E-state index in [1.807, 2.05) is 0 Å². The number of allylic oxidation sites excluding steroid dienone is 2. The largest absolute Gasteiger partial charge is 0.299 e. The second kappa shape index (κ2) is 6.58. The maximum Gasteiger partial charge on any atom is 0.0233 e. The Hall–Kier alpha value is -1.08. The normalized spacial score (nSPS) is 28.6. The first kappa shape index (κ1) is 13.9. The Bertz CT molecular complexity index is 428. The maximum atomic E-state index is 2.63. The minimum Gasteiger partial charge on any atom is -0.299 e. The van der Waals surface area contributed by atoms with Crippen molar-refractivity contribution in [2.45, 2.75) is 39.2 Å². The van der Waals surface area contributed by atoms with Gasteiger partial charge in [-0.3, -0.25) is 4.90 Å². The van der Waals surface area contributed by atoms with Crippen LogP contribution in [0.1, 0.15) is 38.2 Å². The zero-order valence-corrected chi connectivity index (χ0v) is 12.7. The molecule has 1 heterocycles. The number of hydrogen-bond donors (Lipinski definition) is 0. The smallest absolute Gasteiger partial charge is 0.0233 e. The van der Waals surface area contributed by atoms with Crippen molar-refractivity contribution in [3.05, 3.63) is 48.0 Å². The lowest BCUT2D eigenvalue weighted by molar-refractivity contribution is 0.148. The molecule has 0 spiro atoms. The summed E-state index contributed by atoms with van der Waals surface area (Å²) in [6.07, 6.45) is 10.6. The van der Waals surface area contributed by atoms with Gasteiger partial charge in [-0.2, -0.15) is 0 Å². The molecule has 108 valence electrons. The molecule has 0 amide bonds. The van der Waals surface area contributed by atoms with Crippen molar-refractivity contribution in [2.24, 2.45) is 17.8 Å².